The number of hydrogen-bond donors (Lipinski definition) is 2. The number of nitrogens with one attached hydrogen (secondary N) is 2. The van der Waals surface area contributed by atoms with Gasteiger partial charge in [-0.25, -0.2) is 0 Å². The molecule has 2 amide bonds. The maximum Gasteiger partial charge on any atom is 0.238 e. The number of anilines is 1. The lowest BCUT2D eigenvalue weighted by Crippen LogP contribution is -2.51. The van der Waals surface area contributed by atoms with Crippen LogP contribution in [-0.2, 0) is 9.59 Å². The second kappa shape index (κ2) is 9.36. The fraction of sp³-hybridized carbons (Fsp3) is 0.636. The number of benzene rings is 1. The predicted octanol–water partition coefficient (Wildman–Crippen LogP) is 3.50. The molecule has 27 heavy (non-hydrogen) atoms. The lowest BCUT2D eigenvalue weighted by atomic mass is 9.78. The highest BCUT2D eigenvalue weighted by Gasteiger charge is 2.30. The van der Waals surface area contributed by atoms with E-state index in [-0.39, 0.29) is 30.4 Å². The van der Waals surface area contributed by atoms with E-state index in [1.165, 1.54) is 12.8 Å². The van der Waals surface area contributed by atoms with E-state index < -0.39 is 0 Å². The summed E-state index contributed by atoms with van der Waals surface area (Å²) in [6.45, 7) is 10.5. The Morgan fingerprint density at radius 3 is 2.63 bits per heavy atom. The smallest absolute Gasteiger partial charge is 0.238 e. The zero-order valence-corrected chi connectivity index (χ0v) is 17.6. The van der Waals surface area contributed by atoms with E-state index in [1.54, 1.807) is 4.90 Å². The molecule has 5 heteroatoms. The van der Waals surface area contributed by atoms with Gasteiger partial charge in [-0.1, -0.05) is 38.8 Å². The number of amides is 2. The van der Waals surface area contributed by atoms with Gasteiger partial charge in [-0.2, -0.15) is 0 Å². The molecule has 1 aromatic carbocycles. The fourth-order valence-corrected chi connectivity index (χ4v) is 3.73. The minimum Gasteiger partial charge on any atom is -0.352 e. The van der Waals surface area contributed by atoms with Gasteiger partial charge in [-0.3, -0.25) is 14.5 Å². The Morgan fingerprint density at radius 1 is 1.22 bits per heavy atom. The molecule has 1 aliphatic rings. The van der Waals surface area contributed by atoms with E-state index in [4.69, 9.17) is 0 Å². The van der Waals surface area contributed by atoms with Gasteiger partial charge in [0.15, 0.2) is 0 Å². The Labute approximate surface area is 163 Å². The van der Waals surface area contributed by atoms with Crippen LogP contribution in [0.5, 0.6) is 0 Å². The Kier molecular flexibility index (Phi) is 7.42. The first-order valence-electron chi connectivity index (χ1n) is 10.1. The van der Waals surface area contributed by atoms with Crippen molar-refractivity contribution < 1.29 is 9.59 Å². The third kappa shape index (κ3) is 5.55. The van der Waals surface area contributed by atoms with Crippen molar-refractivity contribution in [3.05, 3.63) is 29.3 Å². The van der Waals surface area contributed by atoms with Gasteiger partial charge >= 0.3 is 0 Å². The maximum absolute atomic E-state index is 12.7. The molecule has 0 spiro atoms. The fourth-order valence-electron chi connectivity index (χ4n) is 3.73. The van der Waals surface area contributed by atoms with Crippen molar-refractivity contribution in [1.29, 1.82) is 0 Å². The Morgan fingerprint density at radius 2 is 1.93 bits per heavy atom. The molecule has 2 N–H and O–H groups in total. The average Bonchev–Trinajstić information content (AvgIpc) is 2.62. The van der Waals surface area contributed by atoms with Crippen LogP contribution in [0.1, 0.15) is 51.2 Å². The van der Waals surface area contributed by atoms with Crippen LogP contribution in [0.4, 0.5) is 5.69 Å². The van der Waals surface area contributed by atoms with Gasteiger partial charge in [0, 0.05) is 11.7 Å². The van der Waals surface area contributed by atoms with Crippen LogP contribution in [0.15, 0.2) is 18.2 Å². The molecule has 0 unspecified atom stereocenters. The van der Waals surface area contributed by atoms with Crippen molar-refractivity contribution in [1.82, 2.24) is 10.2 Å². The zero-order valence-electron chi connectivity index (χ0n) is 17.6. The lowest BCUT2D eigenvalue weighted by Gasteiger charge is -2.36. The molecule has 0 radical (unpaired) electrons. The van der Waals surface area contributed by atoms with E-state index in [1.807, 2.05) is 46.0 Å². The molecule has 0 aliphatic heterocycles. The standard InChI is InChI=1S/C22H35N3O2/c1-14-9-7-11-19(16(14)3)23-21(26)13-25(6)18(5)22(27)24-20-12-8-10-15(2)17(20)4/h7,9,11,15,17-18,20H,8,10,12-13H2,1-6H3,(H,23,26)(H,24,27)/t15-,17-,18+,20+/m0/s1. The minimum atomic E-state index is -0.348. The van der Waals surface area contributed by atoms with Crippen LogP contribution >= 0.6 is 0 Å². The lowest BCUT2D eigenvalue weighted by molar-refractivity contribution is -0.127. The van der Waals surface area contributed by atoms with Gasteiger partial charge in [0.25, 0.3) is 0 Å². The first kappa shape index (κ1) is 21.4. The first-order chi connectivity index (χ1) is 12.7. The largest absolute Gasteiger partial charge is 0.352 e. The summed E-state index contributed by atoms with van der Waals surface area (Å²) in [4.78, 5) is 26.9. The summed E-state index contributed by atoms with van der Waals surface area (Å²) in [5.41, 5.74) is 3.04. The molecule has 0 saturated heterocycles. The summed E-state index contributed by atoms with van der Waals surface area (Å²) in [6, 6.07) is 5.75. The molecule has 1 saturated carbocycles. The normalized spacial score (nSPS) is 23.7. The molecule has 0 bridgehead atoms. The van der Waals surface area contributed by atoms with Crippen LogP contribution in [0.2, 0.25) is 0 Å². The summed E-state index contributed by atoms with van der Waals surface area (Å²) in [5.74, 6) is 1.03. The molecule has 1 aromatic rings. The van der Waals surface area contributed by atoms with Crippen molar-refractivity contribution in [3.8, 4) is 0 Å². The van der Waals surface area contributed by atoms with Gasteiger partial charge < -0.3 is 10.6 Å². The zero-order chi connectivity index (χ0) is 20.1. The SMILES string of the molecule is Cc1cccc(NC(=O)CN(C)[C@H](C)C(=O)N[C@@H]2CCC[C@H](C)[C@@H]2C)c1C. The van der Waals surface area contributed by atoms with Crippen molar-refractivity contribution in [2.75, 3.05) is 18.9 Å². The molecule has 150 valence electrons. The van der Waals surface area contributed by atoms with Crippen molar-refractivity contribution in [2.24, 2.45) is 11.8 Å². The Bertz CT molecular complexity index is 674. The topological polar surface area (TPSA) is 61.4 Å². The Hall–Kier alpha value is -1.88. The van der Waals surface area contributed by atoms with E-state index >= 15 is 0 Å². The summed E-state index contributed by atoms with van der Waals surface area (Å²) in [6.07, 6.45) is 3.45. The van der Waals surface area contributed by atoms with Gasteiger partial charge in [-0.15, -0.1) is 0 Å². The van der Waals surface area contributed by atoms with Crippen LogP contribution in [0.25, 0.3) is 0 Å². The number of rotatable bonds is 6. The molecule has 2 rings (SSSR count). The maximum atomic E-state index is 12.7. The van der Waals surface area contributed by atoms with Crippen LogP contribution in [-0.4, -0.2) is 42.4 Å². The molecule has 4 atom stereocenters. The number of nitrogens with zero attached hydrogens (tertiary/aromatic N) is 1. The van der Waals surface area contributed by atoms with Gasteiger partial charge in [0.05, 0.1) is 12.6 Å². The van der Waals surface area contributed by atoms with E-state index in [0.29, 0.717) is 11.8 Å². The third-order valence-corrected chi connectivity index (χ3v) is 6.35. The first-order valence-corrected chi connectivity index (χ1v) is 10.1. The van der Waals surface area contributed by atoms with Crippen molar-refractivity contribution >= 4 is 17.5 Å². The molecule has 0 aromatic heterocycles. The summed E-state index contributed by atoms with van der Waals surface area (Å²) in [7, 11) is 1.82. The summed E-state index contributed by atoms with van der Waals surface area (Å²) in [5, 5.41) is 6.16. The number of aryl methyl sites for hydroxylation is 1. The number of carbonyl (C=O) groups excluding carboxylic acids is 2. The van der Waals surface area contributed by atoms with E-state index in [0.717, 1.165) is 23.2 Å². The molecule has 1 fully saturated rings. The predicted molar refractivity (Wildman–Crippen MR) is 111 cm³/mol. The summed E-state index contributed by atoms with van der Waals surface area (Å²) >= 11 is 0. The van der Waals surface area contributed by atoms with E-state index in [2.05, 4.69) is 24.5 Å². The number of hydrogen-bond acceptors (Lipinski definition) is 3. The average molecular weight is 374 g/mol. The summed E-state index contributed by atoms with van der Waals surface area (Å²) < 4.78 is 0. The number of likely N-dealkylation sites (N-methyl/N-ethyl adjacent to an activating group) is 1. The molecular weight excluding hydrogens is 338 g/mol. The minimum absolute atomic E-state index is 0.00276. The highest BCUT2D eigenvalue weighted by molar-refractivity contribution is 5.93. The van der Waals surface area contributed by atoms with Crippen molar-refractivity contribution in [3.63, 3.8) is 0 Å². The molecule has 1 aliphatic carbocycles. The van der Waals surface area contributed by atoms with E-state index in [9.17, 15) is 9.59 Å². The molecule has 0 heterocycles. The second-order valence-corrected chi connectivity index (χ2v) is 8.27. The highest BCUT2D eigenvalue weighted by atomic mass is 16.2. The number of carbonyl (C=O) groups is 2. The molecular formula is C22H35N3O2. The van der Waals surface area contributed by atoms with Crippen LogP contribution in [0, 0.1) is 25.7 Å². The quantitative estimate of drug-likeness (QED) is 0.802. The van der Waals surface area contributed by atoms with Gasteiger partial charge in [-0.05, 0) is 63.3 Å². The van der Waals surface area contributed by atoms with Crippen LogP contribution in [0.3, 0.4) is 0 Å². The van der Waals surface area contributed by atoms with Gasteiger partial charge in [0.1, 0.15) is 0 Å². The molecule has 5 nitrogen and oxygen atoms in total. The third-order valence-electron chi connectivity index (χ3n) is 6.35. The van der Waals surface area contributed by atoms with Gasteiger partial charge in [0.2, 0.25) is 11.8 Å². The van der Waals surface area contributed by atoms with Crippen LogP contribution < -0.4 is 10.6 Å². The monoisotopic (exact) mass is 373 g/mol. The highest BCUT2D eigenvalue weighted by Crippen LogP contribution is 2.29. The van der Waals surface area contributed by atoms with Crippen molar-refractivity contribution in [2.45, 2.75) is 66.0 Å². The Balaban J connectivity index is 1.88. The second-order valence-electron chi connectivity index (χ2n) is 8.27.